The third-order valence-corrected chi connectivity index (χ3v) is 2.93. The first kappa shape index (κ1) is 17.2. The minimum Gasteiger partial charge on any atom is -0.478 e. The third-order valence-electron chi connectivity index (χ3n) is 2.22. The van der Waals surface area contributed by atoms with E-state index in [4.69, 9.17) is 16.7 Å². The number of rotatable bonds is 3. The molecule has 0 atom stereocenters. The molecule has 8 heteroatoms. The molecule has 0 bridgehead atoms. The van der Waals surface area contributed by atoms with E-state index in [1.807, 2.05) is 13.8 Å². The van der Waals surface area contributed by atoms with Crippen LogP contribution in [0.3, 0.4) is 0 Å². The molecule has 0 radical (unpaired) electrons. The molecule has 0 saturated heterocycles. The van der Waals surface area contributed by atoms with Gasteiger partial charge in [-0.05, 0) is 34.1 Å². The standard InChI is InChI=1S/C11H7BrClN3O3.C2H6/c12-8-4-14-9(16-8)10(17)15-5-1-2-6(11(18)19)7(13)3-5;1-2/h1-4H,(H,14,16)(H,15,17)(H,18,19);1-2H3. The summed E-state index contributed by atoms with van der Waals surface area (Å²) in [5, 5.41) is 11.4. The topological polar surface area (TPSA) is 95.1 Å². The Morgan fingerprint density at radius 1 is 1.38 bits per heavy atom. The molecule has 1 aromatic heterocycles. The number of aromatic amines is 1. The third kappa shape index (κ3) is 4.57. The molecule has 0 aliphatic rings. The second-order valence-corrected chi connectivity index (χ2v) is 4.80. The normalized spacial score (nSPS) is 9.52. The Kier molecular flexibility index (Phi) is 6.39. The van der Waals surface area contributed by atoms with Gasteiger partial charge in [0.2, 0.25) is 0 Å². The van der Waals surface area contributed by atoms with Crippen LogP contribution in [0.15, 0.2) is 29.0 Å². The van der Waals surface area contributed by atoms with Gasteiger partial charge in [0.25, 0.3) is 5.91 Å². The number of benzene rings is 1. The van der Waals surface area contributed by atoms with Gasteiger partial charge >= 0.3 is 5.97 Å². The average molecular weight is 375 g/mol. The van der Waals surface area contributed by atoms with Crippen LogP contribution in [0.1, 0.15) is 34.8 Å². The highest BCUT2D eigenvalue weighted by Crippen LogP contribution is 2.21. The Balaban J connectivity index is 0.00000106. The Labute approximate surface area is 134 Å². The smallest absolute Gasteiger partial charge is 0.337 e. The fourth-order valence-corrected chi connectivity index (χ4v) is 1.92. The molecule has 112 valence electrons. The van der Waals surface area contributed by atoms with Crippen LogP contribution in [0.5, 0.6) is 0 Å². The number of aromatic nitrogens is 2. The van der Waals surface area contributed by atoms with Crippen molar-refractivity contribution in [3.05, 3.63) is 45.4 Å². The molecular formula is C13H13BrClN3O3. The zero-order chi connectivity index (χ0) is 16.0. The summed E-state index contributed by atoms with van der Waals surface area (Å²) in [6.45, 7) is 4.00. The van der Waals surface area contributed by atoms with Gasteiger partial charge in [0, 0.05) is 5.69 Å². The Morgan fingerprint density at radius 2 is 2.05 bits per heavy atom. The Bertz CT molecular complexity index is 658. The average Bonchev–Trinajstić information content (AvgIpc) is 2.87. The van der Waals surface area contributed by atoms with Crippen LogP contribution in [-0.2, 0) is 0 Å². The molecule has 3 N–H and O–H groups in total. The number of hydrogen-bond acceptors (Lipinski definition) is 3. The summed E-state index contributed by atoms with van der Waals surface area (Å²) < 4.78 is 0.580. The maximum Gasteiger partial charge on any atom is 0.337 e. The van der Waals surface area contributed by atoms with Gasteiger partial charge in [0.1, 0.15) is 4.60 Å². The first-order valence-corrected chi connectivity index (χ1v) is 7.19. The second kappa shape index (κ2) is 7.80. The molecular weight excluding hydrogens is 362 g/mol. The molecule has 2 rings (SSSR count). The zero-order valence-corrected chi connectivity index (χ0v) is 13.6. The van der Waals surface area contributed by atoms with E-state index in [1.54, 1.807) is 0 Å². The molecule has 0 aliphatic heterocycles. The highest BCUT2D eigenvalue weighted by Gasteiger charge is 2.12. The van der Waals surface area contributed by atoms with E-state index >= 15 is 0 Å². The Hall–Kier alpha value is -1.86. The van der Waals surface area contributed by atoms with Crippen molar-refractivity contribution in [3.8, 4) is 0 Å². The van der Waals surface area contributed by atoms with E-state index in [9.17, 15) is 9.59 Å². The van der Waals surface area contributed by atoms with Crippen molar-refractivity contribution >= 4 is 45.1 Å². The van der Waals surface area contributed by atoms with Crippen molar-refractivity contribution in [2.45, 2.75) is 13.8 Å². The number of nitrogens with zero attached hydrogens (tertiary/aromatic N) is 1. The summed E-state index contributed by atoms with van der Waals surface area (Å²) in [5.74, 6) is -1.45. The fourth-order valence-electron chi connectivity index (χ4n) is 1.37. The fraction of sp³-hybridized carbons (Fsp3) is 0.154. The van der Waals surface area contributed by atoms with Crippen LogP contribution in [0, 0.1) is 0 Å². The van der Waals surface area contributed by atoms with Crippen molar-refractivity contribution in [3.63, 3.8) is 0 Å². The van der Waals surface area contributed by atoms with Gasteiger partial charge in [-0.2, -0.15) is 0 Å². The number of aromatic carboxylic acids is 1. The molecule has 2 aromatic rings. The van der Waals surface area contributed by atoms with Crippen molar-refractivity contribution in [2.75, 3.05) is 5.32 Å². The summed E-state index contributed by atoms with van der Waals surface area (Å²) in [5.41, 5.74) is 0.355. The van der Waals surface area contributed by atoms with Crippen molar-refractivity contribution in [2.24, 2.45) is 0 Å². The van der Waals surface area contributed by atoms with Crippen LogP contribution in [0.4, 0.5) is 5.69 Å². The number of hydrogen-bond donors (Lipinski definition) is 3. The number of nitrogens with one attached hydrogen (secondary N) is 2. The first-order valence-electron chi connectivity index (χ1n) is 6.02. The summed E-state index contributed by atoms with van der Waals surface area (Å²) in [4.78, 5) is 29.1. The highest BCUT2D eigenvalue weighted by molar-refractivity contribution is 9.10. The molecule has 0 aliphatic carbocycles. The van der Waals surface area contributed by atoms with E-state index in [2.05, 4.69) is 31.2 Å². The number of anilines is 1. The van der Waals surface area contributed by atoms with Gasteiger partial charge in [0.15, 0.2) is 5.82 Å². The monoisotopic (exact) mass is 373 g/mol. The molecule has 1 heterocycles. The quantitative estimate of drug-likeness (QED) is 0.761. The van der Waals surface area contributed by atoms with Gasteiger partial charge in [-0.25, -0.2) is 9.78 Å². The van der Waals surface area contributed by atoms with Crippen molar-refractivity contribution < 1.29 is 14.7 Å². The van der Waals surface area contributed by atoms with E-state index < -0.39 is 11.9 Å². The van der Waals surface area contributed by atoms with Gasteiger partial charge in [-0.15, -0.1) is 0 Å². The summed E-state index contributed by atoms with van der Waals surface area (Å²) in [7, 11) is 0. The Morgan fingerprint density at radius 3 is 2.52 bits per heavy atom. The lowest BCUT2D eigenvalue weighted by atomic mass is 10.2. The summed E-state index contributed by atoms with van der Waals surface area (Å²) >= 11 is 8.93. The second-order valence-electron chi connectivity index (χ2n) is 3.53. The van der Waals surface area contributed by atoms with E-state index in [1.165, 1.54) is 24.4 Å². The van der Waals surface area contributed by atoms with Crippen molar-refractivity contribution in [1.29, 1.82) is 0 Å². The zero-order valence-electron chi connectivity index (χ0n) is 11.3. The summed E-state index contributed by atoms with van der Waals surface area (Å²) in [6.07, 6.45) is 1.45. The SMILES string of the molecule is CC.O=C(Nc1ccc(C(=O)O)c(Cl)c1)c1ncc(Br)[nH]1. The number of imidazole rings is 1. The van der Waals surface area contributed by atoms with Crippen molar-refractivity contribution in [1.82, 2.24) is 9.97 Å². The maximum absolute atomic E-state index is 11.8. The molecule has 1 amide bonds. The van der Waals surface area contributed by atoms with Crippen LogP contribution >= 0.6 is 27.5 Å². The molecule has 0 fully saturated rings. The number of carboxylic acid groups (broad SMARTS) is 1. The maximum atomic E-state index is 11.8. The lowest BCUT2D eigenvalue weighted by Gasteiger charge is -2.05. The van der Waals surface area contributed by atoms with E-state index in [0.717, 1.165) is 0 Å². The largest absolute Gasteiger partial charge is 0.478 e. The van der Waals surface area contributed by atoms with Gasteiger partial charge in [-0.1, -0.05) is 25.4 Å². The van der Waals surface area contributed by atoms with Gasteiger partial charge < -0.3 is 15.4 Å². The van der Waals surface area contributed by atoms with E-state index in [0.29, 0.717) is 10.3 Å². The molecule has 1 aromatic carbocycles. The lowest BCUT2D eigenvalue weighted by Crippen LogP contribution is -2.13. The number of carboxylic acids is 1. The molecule has 6 nitrogen and oxygen atoms in total. The minimum atomic E-state index is -1.13. The number of halogens is 2. The molecule has 21 heavy (non-hydrogen) atoms. The predicted octanol–water partition coefficient (Wildman–Crippen LogP) is 3.80. The first-order chi connectivity index (χ1) is 9.97. The molecule has 0 unspecified atom stereocenters. The van der Waals surface area contributed by atoms with Crippen LogP contribution in [-0.4, -0.2) is 27.0 Å². The van der Waals surface area contributed by atoms with Crippen LogP contribution < -0.4 is 5.32 Å². The van der Waals surface area contributed by atoms with Crippen LogP contribution in [0.25, 0.3) is 0 Å². The number of carbonyl (C=O) groups is 2. The number of H-pyrrole nitrogens is 1. The number of amides is 1. The van der Waals surface area contributed by atoms with Crippen LogP contribution in [0.2, 0.25) is 5.02 Å². The number of carbonyl (C=O) groups excluding carboxylic acids is 1. The van der Waals surface area contributed by atoms with Gasteiger partial charge in [0.05, 0.1) is 16.8 Å². The predicted molar refractivity (Wildman–Crippen MR) is 84.0 cm³/mol. The molecule has 0 spiro atoms. The minimum absolute atomic E-state index is 0.0274. The van der Waals surface area contributed by atoms with E-state index in [-0.39, 0.29) is 16.4 Å². The van der Waals surface area contributed by atoms with Gasteiger partial charge in [-0.3, -0.25) is 4.79 Å². The molecule has 0 saturated carbocycles. The summed E-state index contributed by atoms with van der Waals surface area (Å²) in [6, 6.07) is 4.13. The lowest BCUT2D eigenvalue weighted by molar-refractivity contribution is 0.0697. The highest BCUT2D eigenvalue weighted by atomic mass is 79.9.